The number of carbonyl (C=O) groups excluding carboxylic acids is 2. The highest BCUT2D eigenvalue weighted by Crippen LogP contribution is 2.38. The molecule has 0 spiro atoms. The molecule has 56 heavy (non-hydrogen) atoms. The molecule has 2 amide bonds. The number of fused-ring (bicyclic) bond motifs is 1. The predicted molar refractivity (Wildman–Crippen MR) is 215 cm³/mol. The second-order valence-electron chi connectivity index (χ2n) is 14.1. The highest BCUT2D eigenvalue weighted by Gasteiger charge is 2.28. The lowest BCUT2D eigenvalue weighted by Gasteiger charge is -2.33. The van der Waals surface area contributed by atoms with Gasteiger partial charge >= 0.3 is 0 Å². The Labute approximate surface area is 324 Å². The number of nitrogens with one attached hydrogen (secondary N) is 2. The van der Waals surface area contributed by atoms with E-state index < -0.39 is 17.3 Å². The van der Waals surface area contributed by atoms with Gasteiger partial charge < -0.3 is 29.4 Å². The minimum Gasteiger partial charge on any atom is -0.497 e. The van der Waals surface area contributed by atoms with Crippen LogP contribution in [0.5, 0.6) is 11.5 Å². The summed E-state index contributed by atoms with van der Waals surface area (Å²) in [6.45, 7) is 7.86. The fourth-order valence-corrected chi connectivity index (χ4v) is 7.27. The first kappa shape index (κ1) is 37.9. The van der Waals surface area contributed by atoms with Gasteiger partial charge in [-0.2, -0.15) is 0 Å². The van der Waals surface area contributed by atoms with Gasteiger partial charge in [-0.1, -0.05) is 38.1 Å². The van der Waals surface area contributed by atoms with Crippen LogP contribution in [0, 0.1) is 11.7 Å². The quantitative estimate of drug-likeness (QED) is 0.130. The van der Waals surface area contributed by atoms with E-state index in [-0.39, 0.29) is 35.7 Å². The average molecular weight is 757 g/mol. The van der Waals surface area contributed by atoms with Crippen LogP contribution in [0.1, 0.15) is 61.1 Å². The van der Waals surface area contributed by atoms with E-state index in [1.165, 1.54) is 35.0 Å². The topological polar surface area (TPSA) is 119 Å². The van der Waals surface area contributed by atoms with E-state index >= 15 is 0 Å². The summed E-state index contributed by atoms with van der Waals surface area (Å²) in [7, 11) is 1.64. The molecule has 3 aromatic heterocycles. The fraction of sp³-hybridized carbons (Fsp3) is 0.273. The smallest absolute Gasteiger partial charge is 0.271 e. The van der Waals surface area contributed by atoms with Crippen molar-refractivity contribution in [2.75, 3.05) is 37.4 Å². The van der Waals surface area contributed by atoms with Gasteiger partial charge in [-0.3, -0.25) is 19.0 Å². The van der Waals surface area contributed by atoms with E-state index in [0.29, 0.717) is 31.0 Å². The molecule has 0 bridgehead atoms. The molecule has 0 unspecified atom stereocenters. The predicted octanol–water partition coefficient (Wildman–Crippen LogP) is 7.93. The van der Waals surface area contributed by atoms with Crippen molar-refractivity contribution in [2.24, 2.45) is 5.92 Å². The number of halogens is 1. The Balaban J connectivity index is 1.20. The molecule has 1 aliphatic heterocycles. The lowest BCUT2D eigenvalue weighted by atomic mass is 9.92. The van der Waals surface area contributed by atoms with Crippen LogP contribution in [-0.4, -0.2) is 57.5 Å². The number of methoxy groups -OCH3 is 1. The molecule has 0 aliphatic carbocycles. The molecule has 2 N–H and O–H groups in total. The zero-order valence-corrected chi connectivity index (χ0v) is 31.9. The second-order valence-corrected chi connectivity index (χ2v) is 14.1. The maximum Gasteiger partial charge on any atom is 0.271 e. The number of anilines is 2. The number of likely N-dealkylation sites (tertiary alicyclic amines) is 1. The van der Waals surface area contributed by atoms with E-state index in [1.54, 1.807) is 38.4 Å². The van der Waals surface area contributed by atoms with Gasteiger partial charge in [0.1, 0.15) is 22.9 Å². The number of carbonyl (C=O) groups is 2. The van der Waals surface area contributed by atoms with Crippen LogP contribution in [-0.2, 0) is 11.3 Å². The van der Waals surface area contributed by atoms with Crippen molar-refractivity contribution in [3.8, 4) is 28.3 Å². The number of hydrogen-bond acceptors (Lipinski definition) is 7. The summed E-state index contributed by atoms with van der Waals surface area (Å²) in [6.07, 6.45) is 6.99. The minimum atomic E-state index is -0.629. The average Bonchev–Trinajstić information content (AvgIpc) is 3.61. The Kier molecular flexibility index (Phi) is 11.2. The molecule has 7 rings (SSSR count). The number of amides is 2. The normalized spacial score (nSPS) is 13.2. The molecule has 0 atom stereocenters. The van der Waals surface area contributed by atoms with Crippen molar-refractivity contribution in [3.63, 3.8) is 0 Å². The Morgan fingerprint density at radius 2 is 1.66 bits per heavy atom. The van der Waals surface area contributed by atoms with Crippen molar-refractivity contribution >= 4 is 28.8 Å². The van der Waals surface area contributed by atoms with Crippen LogP contribution in [0.25, 0.3) is 22.3 Å². The highest BCUT2D eigenvalue weighted by molar-refractivity contribution is 6.06. The molecule has 11 nitrogen and oxygen atoms in total. The Hall–Kier alpha value is -6.43. The van der Waals surface area contributed by atoms with Gasteiger partial charge in [0, 0.05) is 72.7 Å². The number of pyridine rings is 1. The number of benzene rings is 3. The van der Waals surface area contributed by atoms with Gasteiger partial charge in [-0.25, -0.2) is 9.37 Å². The van der Waals surface area contributed by atoms with Gasteiger partial charge in [-0.05, 0) is 91.6 Å². The van der Waals surface area contributed by atoms with Crippen molar-refractivity contribution in [3.05, 3.63) is 137 Å². The molecular formula is C44H45FN6O5. The highest BCUT2D eigenvalue weighted by atomic mass is 19.1. The lowest BCUT2D eigenvalue weighted by molar-refractivity contribution is -0.135. The van der Waals surface area contributed by atoms with Crippen molar-refractivity contribution in [1.29, 1.82) is 0 Å². The molecule has 1 aliphatic rings. The molecular weight excluding hydrogens is 712 g/mol. The summed E-state index contributed by atoms with van der Waals surface area (Å²) in [5.74, 6) is 0.974. The van der Waals surface area contributed by atoms with Crippen LogP contribution in [0.2, 0.25) is 0 Å². The summed E-state index contributed by atoms with van der Waals surface area (Å²) >= 11 is 0. The third kappa shape index (κ3) is 7.86. The number of nitrogens with zero attached hydrogens (tertiary/aromatic N) is 4. The van der Waals surface area contributed by atoms with Crippen molar-refractivity contribution in [1.82, 2.24) is 18.9 Å². The van der Waals surface area contributed by atoms with E-state index in [9.17, 15) is 18.8 Å². The number of piperidine rings is 1. The number of ether oxygens (including phenoxy) is 2. The van der Waals surface area contributed by atoms with Gasteiger partial charge in [0.2, 0.25) is 5.91 Å². The van der Waals surface area contributed by atoms with Crippen LogP contribution in [0.15, 0.2) is 108 Å². The molecule has 0 radical (unpaired) electrons. The molecule has 6 aromatic rings. The van der Waals surface area contributed by atoms with E-state index in [0.717, 1.165) is 52.3 Å². The molecule has 1 fully saturated rings. The van der Waals surface area contributed by atoms with Crippen LogP contribution in [0.4, 0.5) is 15.9 Å². The third-order valence-corrected chi connectivity index (χ3v) is 10.2. The van der Waals surface area contributed by atoms with Crippen LogP contribution in [0.3, 0.4) is 0 Å². The van der Waals surface area contributed by atoms with E-state index in [2.05, 4.69) is 21.1 Å². The first-order valence-electron chi connectivity index (χ1n) is 18.9. The Bertz CT molecular complexity index is 2400. The van der Waals surface area contributed by atoms with E-state index in [1.807, 2.05) is 61.3 Å². The zero-order chi connectivity index (χ0) is 39.3. The van der Waals surface area contributed by atoms with Gasteiger partial charge in [-0.15, -0.1) is 0 Å². The first-order valence-corrected chi connectivity index (χ1v) is 18.9. The van der Waals surface area contributed by atoms with Gasteiger partial charge in [0.05, 0.1) is 19.2 Å². The Morgan fingerprint density at radius 3 is 2.32 bits per heavy atom. The maximum absolute atomic E-state index is 13.7. The summed E-state index contributed by atoms with van der Waals surface area (Å²) in [5, 5.41) is 6.43. The summed E-state index contributed by atoms with van der Waals surface area (Å²) in [5.41, 5.74) is 5.15. The van der Waals surface area contributed by atoms with Crippen LogP contribution < -0.4 is 25.7 Å². The monoisotopic (exact) mass is 756 g/mol. The zero-order valence-electron chi connectivity index (χ0n) is 31.9. The summed E-state index contributed by atoms with van der Waals surface area (Å²) < 4.78 is 28.1. The Morgan fingerprint density at radius 1 is 0.946 bits per heavy atom. The first-order chi connectivity index (χ1) is 27.1. The maximum atomic E-state index is 13.7. The van der Waals surface area contributed by atoms with E-state index in [4.69, 9.17) is 14.5 Å². The van der Waals surface area contributed by atoms with Gasteiger partial charge in [0.15, 0.2) is 5.82 Å². The number of aromatic nitrogens is 3. The molecule has 12 heteroatoms. The number of hydrogen-bond donors (Lipinski definition) is 2. The second kappa shape index (κ2) is 16.5. The lowest BCUT2D eigenvalue weighted by Crippen LogP contribution is -2.40. The van der Waals surface area contributed by atoms with Crippen molar-refractivity contribution < 1.29 is 23.5 Å². The molecule has 1 saturated heterocycles. The molecule has 3 aromatic carbocycles. The minimum absolute atomic E-state index is 0.0370. The molecule has 288 valence electrons. The van der Waals surface area contributed by atoms with Crippen LogP contribution >= 0.6 is 0 Å². The standard InChI is InChI=1S/C44H45FN6O5/c1-5-56-38-20-24-50(34-14-10-32(45)11-15-34)44(54)39(38)42(52)48-33-12-8-30(9-13-33)36-26-37(31-18-22-49(23-19-31)43(53)28(2)3)51-25-21-46-41(40(36)51)47-27-29-6-16-35(55-4)17-7-29/h6-17,20-21,24-26,28,31H,5,18-19,22-23,27H2,1-4H3,(H,46,47)(H,48,52). The summed E-state index contributed by atoms with van der Waals surface area (Å²) in [6, 6.07) is 24.6. The largest absolute Gasteiger partial charge is 0.497 e. The fourth-order valence-electron chi connectivity index (χ4n) is 7.27. The summed E-state index contributed by atoms with van der Waals surface area (Å²) in [4.78, 5) is 46.9. The third-order valence-electron chi connectivity index (χ3n) is 10.2. The molecule has 4 heterocycles. The van der Waals surface area contributed by atoms with Crippen molar-refractivity contribution in [2.45, 2.75) is 46.1 Å². The number of rotatable bonds is 12. The SMILES string of the molecule is CCOc1ccn(-c2ccc(F)cc2)c(=O)c1C(=O)Nc1ccc(-c2cc(C3CCN(C(=O)C(C)C)CC3)n3ccnc(NCc4ccc(OC)cc4)c23)cc1. The molecule has 0 saturated carbocycles. The van der Waals surface area contributed by atoms with Gasteiger partial charge in [0.25, 0.3) is 11.5 Å².